The molecule has 0 saturated heterocycles. The average molecular weight is 340 g/mol. The van der Waals surface area contributed by atoms with Gasteiger partial charge in [0.2, 0.25) is 0 Å². The minimum absolute atomic E-state index is 0.0566. The van der Waals surface area contributed by atoms with E-state index in [1.165, 1.54) is 11.3 Å². The minimum atomic E-state index is -0.0566. The lowest BCUT2D eigenvalue weighted by molar-refractivity contribution is 0.0955. The molecule has 0 atom stereocenters. The highest BCUT2D eigenvalue weighted by Gasteiger charge is 2.08. The van der Waals surface area contributed by atoms with E-state index in [-0.39, 0.29) is 5.91 Å². The third-order valence-corrected chi connectivity index (χ3v) is 4.14. The highest BCUT2D eigenvalue weighted by Crippen LogP contribution is 2.21. The van der Waals surface area contributed by atoms with Gasteiger partial charge in [-0.15, -0.1) is 11.3 Å². The van der Waals surface area contributed by atoms with Gasteiger partial charge in [-0.05, 0) is 45.8 Å². The number of aromatic nitrogens is 1. The van der Waals surface area contributed by atoms with Crippen LogP contribution in [0.15, 0.2) is 34.2 Å². The van der Waals surface area contributed by atoms with E-state index in [0.717, 1.165) is 15.2 Å². The Morgan fingerprint density at radius 3 is 2.84 bits per heavy atom. The van der Waals surface area contributed by atoms with E-state index in [0.29, 0.717) is 11.4 Å². The van der Waals surface area contributed by atoms with Crippen LogP contribution < -0.4 is 10.2 Å². The van der Waals surface area contributed by atoms with Gasteiger partial charge in [0.15, 0.2) is 0 Å². The lowest BCUT2D eigenvalue weighted by Crippen LogP contribution is -2.22. The molecule has 0 saturated carbocycles. The van der Waals surface area contributed by atoms with E-state index in [4.69, 9.17) is 0 Å². The second-order valence-electron chi connectivity index (χ2n) is 4.20. The van der Waals surface area contributed by atoms with Crippen LogP contribution in [-0.4, -0.2) is 25.0 Å². The smallest absolute Gasteiger partial charge is 0.261 e. The number of nitrogens with zero attached hydrogens (tertiary/aromatic N) is 2. The van der Waals surface area contributed by atoms with Gasteiger partial charge >= 0.3 is 0 Å². The van der Waals surface area contributed by atoms with Crippen molar-refractivity contribution in [1.82, 2.24) is 10.3 Å². The van der Waals surface area contributed by atoms with Gasteiger partial charge in [0.25, 0.3) is 5.91 Å². The summed E-state index contributed by atoms with van der Waals surface area (Å²) in [6, 6.07) is 7.54. The molecular formula is C13H14BrN3OS. The molecule has 2 aromatic rings. The molecule has 1 amide bonds. The Balaban J connectivity index is 1.99. The molecule has 4 nitrogen and oxygen atoms in total. The summed E-state index contributed by atoms with van der Waals surface area (Å²) in [5.74, 6) is 0.824. The normalized spacial score (nSPS) is 10.3. The van der Waals surface area contributed by atoms with Crippen LogP contribution in [0.4, 0.5) is 5.82 Å². The van der Waals surface area contributed by atoms with Crippen LogP contribution in [0.2, 0.25) is 0 Å². The van der Waals surface area contributed by atoms with Crippen LogP contribution in [0.3, 0.4) is 0 Å². The van der Waals surface area contributed by atoms with Crippen molar-refractivity contribution in [2.75, 3.05) is 19.0 Å². The zero-order valence-electron chi connectivity index (χ0n) is 10.7. The van der Waals surface area contributed by atoms with Gasteiger partial charge < -0.3 is 10.2 Å². The fourth-order valence-electron chi connectivity index (χ4n) is 1.52. The number of carbonyl (C=O) groups is 1. The van der Waals surface area contributed by atoms with Crippen molar-refractivity contribution >= 4 is 39.0 Å². The molecule has 0 unspecified atom stereocenters. The van der Waals surface area contributed by atoms with Gasteiger partial charge in [0, 0.05) is 26.8 Å². The van der Waals surface area contributed by atoms with E-state index >= 15 is 0 Å². The van der Waals surface area contributed by atoms with Gasteiger partial charge in [-0.1, -0.05) is 0 Å². The molecule has 0 radical (unpaired) electrons. The molecule has 0 bridgehead atoms. The number of halogens is 1. The Hall–Kier alpha value is -1.40. The molecule has 2 aromatic heterocycles. The van der Waals surface area contributed by atoms with Gasteiger partial charge in [-0.25, -0.2) is 4.98 Å². The van der Waals surface area contributed by atoms with E-state index in [1.54, 1.807) is 6.20 Å². The molecule has 19 heavy (non-hydrogen) atoms. The third kappa shape index (κ3) is 3.78. The molecule has 100 valence electrons. The Kier molecular flexibility index (Phi) is 4.55. The Labute approximate surface area is 124 Å². The monoisotopic (exact) mass is 339 g/mol. The largest absolute Gasteiger partial charge is 0.363 e. The summed E-state index contributed by atoms with van der Waals surface area (Å²) >= 11 is 4.77. The first-order valence-electron chi connectivity index (χ1n) is 5.72. The Morgan fingerprint density at radius 1 is 1.42 bits per heavy atom. The lowest BCUT2D eigenvalue weighted by atomic mass is 10.2. The molecule has 0 fully saturated rings. The van der Waals surface area contributed by atoms with Gasteiger partial charge in [-0.2, -0.15) is 0 Å². The quantitative estimate of drug-likeness (QED) is 0.931. The summed E-state index contributed by atoms with van der Waals surface area (Å²) in [6.07, 6.45) is 1.75. The number of hydrogen-bond acceptors (Lipinski definition) is 4. The third-order valence-electron chi connectivity index (χ3n) is 2.52. The second kappa shape index (κ2) is 6.16. The molecule has 0 aliphatic heterocycles. The number of thiophene rings is 1. The fourth-order valence-corrected chi connectivity index (χ4v) is 2.82. The Morgan fingerprint density at radius 2 is 2.21 bits per heavy atom. The number of rotatable bonds is 4. The molecule has 2 rings (SSSR count). The molecule has 1 N–H and O–H groups in total. The minimum Gasteiger partial charge on any atom is -0.363 e. The Bertz CT molecular complexity index is 583. The zero-order valence-corrected chi connectivity index (χ0v) is 13.1. The standard InChI is InChI=1S/C13H14BrN3OS/c1-17(2)12-7-9(5-6-15-12)8-16-13(18)10-3-4-11(14)19-10/h3-7H,8H2,1-2H3,(H,16,18). The van der Waals surface area contributed by atoms with Crippen molar-refractivity contribution in [3.05, 3.63) is 44.7 Å². The van der Waals surface area contributed by atoms with E-state index < -0.39 is 0 Å². The molecule has 0 aromatic carbocycles. The van der Waals surface area contributed by atoms with E-state index in [1.807, 2.05) is 43.3 Å². The van der Waals surface area contributed by atoms with Crippen molar-refractivity contribution in [2.45, 2.75) is 6.54 Å². The van der Waals surface area contributed by atoms with Crippen molar-refractivity contribution < 1.29 is 4.79 Å². The summed E-state index contributed by atoms with van der Waals surface area (Å²) in [5, 5.41) is 2.90. The number of pyridine rings is 1. The zero-order chi connectivity index (χ0) is 13.8. The van der Waals surface area contributed by atoms with Crippen molar-refractivity contribution in [1.29, 1.82) is 0 Å². The van der Waals surface area contributed by atoms with E-state index in [9.17, 15) is 4.79 Å². The highest BCUT2D eigenvalue weighted by molar-refractivity contribution is 9.11. The molecule has 0 spiro atoms. The lowest BCUT2D eigenvalue weighted by Gasteiger charge is -2.12. The summed E-state index contributed by atoms with van der Waals surface area (Å²) < 4.78 is 0.955. The van der Waals surface area contributed by atoms with Crippen LogP contribution >= 0.6 is 27.3 Å². The maximum Gasteiger partial charge on any atom is 0.261 e. The predicted octanol–water partition coefficient (Wildman–Crippen LogP) is 2.90. The summed E-state index contributed by atoms with van der Waals surface area (Å²) in [4.78, 5) is 18.8. The molecule has 6 heteroatoms. The number of anilines is 1. The van der Waals surface area contributed by atoms with Crippen LogP contribution in [-0.2, 0) is 6.54 Å². The van der Waals surface area contributed by atoms with Crippen LogP contribution in [0.1, 0.15) is 15.2 Å². The SMILES string of the molecule is CN(C)c1cc(CNC(=O)c2ccc(Br)s2)ccn1. The number of nitrogens with one attached hydrogen (secondary N) is 1. The van der Waals surface area contributed by atoms with Gasteiger partial charge in [0.05, 0.1) is 8.66 Å². The molecular weight excluding hydrogens is 326 g/mol. The number of amides is 1. The second-order valence-corrected chi connectivity index (χ2v) is 6.67. The van der Waals surface area contributed by atoms with Crippen LogP contribution in [0.25, 0.3) is 0 Å². The maximum atomic E-state index is 11.9. The molecule has 0 aliphatic carbocycles. The number of carbonyl (C=O) groups excluding carboxylic acids is 1. The topological polar surface area (TPSA) is 45.2 Å². The summed E-state index contributed by atoms with van der Waals surface area (Å²) in [6.45, 7) is 0.498. The van der Waals surface area contributed by atoms with Gasteiger partial charge in [0.1, 0.15) is 5.82 Å². The average Bonchev–Trinajstić information content (AvgIpc) is 2.83. The molecule has 2 heterocycles. The first kappa shape index (κ1) is 14.0. The summed E-state index contributed by atoms with van der Waals surface area (Å²) in [5.41, 5.74) is 1.03. The van der Waals surface area contributed by atoms with Gasteiger partial charge in [-0.3, -0.25) is 4.79 Å². The fraction of sp³-hybridized carbons (Fsp3) is 0.231. The van der Waals surface area contributed by atoms with Crippen LogP contribution in [0.5, 0.6) is 0 Å². The number of hydrogen-bond donors (Lipinski definition) is 1. The first-order chi connectivity index (χ1) is 9.06. The maximum absolute atomic E-state index is 11.9. The molecule has 0 aliphatic rings. The van der Waals surface area contributed by atoms with Crippen LogP contribution in [0, 0.1) is 0 Å². The summed E-state index contributed by atoms with van der Waals surface area (Å²) in [7, 11) is 3.88. The van der Waals surface area contributed by atoms with Crippen molar-refractivity contribution in [3.63, 3.8) is 0 Å². The van der Waals surface area contributed by atoms with E-state index in [2.05, 4.69) is 26.2 Å². The predicted molar refractivity (Wildman–Crippen MR) is 81.8 cm³/mol. The van der Waals surface area contributed by atoms with Crippen molar-refractivity contribution in [2.24, 2.45) is 0 Å². The highest BCUT2D eigenvalue weighted by atomic mass is 79.9. The first-order valence-corrected chi connectivity index (χ1v) is 7.33. The van der Waals surface area contributed by atoms with Crippen molar-refractivity contribution in [3.8, 4) is 0 Å².